The van der Waals surface area contributed by atoms with Gasteiger partial charge in [-0.05, 0) is 76.9 Å². The van der Waals surface area contributed by atoms with E-state index < -0.39 is 44.5 Å². The summed E-state index contributed by atoms with van der Waals surface area (Å²) in [7, 11) is 4.78. The summed E-state index contributed by atoms with van der Waals surface area (Å²) in [5.41, 5.74) is 13.9. The molecule has 69 heavy (non-hydrogen) atoms. The number of ether oxygens (including phenoxy) is 1. The molecular weight excluding hydrogens is 908 g/mol. The van der Waals surface area contributed by atoms with Crippen LogP contribution in [0.25, 0.3) is 16.7 Å². The number of phosphoric ester groups is 1. The number of anilines is 3. The summed E-state index contributed by atoms with van der Waals surface area (Å²) in [6, 6.07) is 14.3. The van der Waals surface area contributed by atoms with Gasteiger partial charge in [-0.3, -0.25) is 28.5 Å². The SMILES string of the molecule is CN(CCCC(=O)NCCCCCCNc1nc2c(=O)[nH]c(N)nc2n1[C@@H]1O[C@H](COP(=O)([O-])O)[C@@H](O)[C@H]1O)C(=O)c1ccccc1C1=C2C=CC(=[N+](C)C)C=C2C(C)(C)c2cc(N(C)C)ccc21. The van der Waals surface area contributed by atoms with Gasteiger partial charge in [0.2, 0.25) is 17.8 Å². The molecule has 2 aromatic heterocycles. The van der Waals surface area contributed by atoms with Crippen LogP contribution >= 0.6 is 7.82 Å². The maximum atomic E-state index is 14.3. The van der Waals surface area contributed by atoms with Gasteiger partial charge in [0.25, 0.3) is 19.3 Å². The number of hydrogen-bond acceptors (Lipinski definition) is 14. The van der Waals surface area contributed by atoms with Crippen molar-refractivity contribution in [3.05, 3.63) is 104 Å². The second-order valence-corrected chi connectivity index (χ2v) is 19.8. The largest absolute Gasteiger partial charge is 0.756 e. The zero-order valence-electron chi connectivity index (χ0n) is 40.1. The van der Waals surface area contributed by atoms with Gasteiger partial charge >= 0.3 is 0 Å². The third-order valence-electron chi connectivity index (χ3n) is 12.9. The molecule has 20 nitrogen and oxygen atoms in total. The van der Waals surface area contributed by atoms with E-state index in [1.54, 1.807) is 11.9 Å². The molecule has 2 amide bonds. The third-order valence-corrected chi connectivity index (χ3v) is 13.3. The molecule has 3 aliphatic rings. The minimum absolute atomic E-state index is 0.0542. The van der Waals surface area contributed by atoms with Crippen LogP contribution in [0, 0.1) is 0 Å². The van der Waals surface area contributed by atoms with Crippen molar-refractivity contribution in [3.63, 3.8) is 0 Å². The van der Waals surface area contributed by atoms with E-state index in [0.717, 1.165) is 52.9 Å². The molecule has 7 rings (SSSR count). The third kappa shape index (κ3) is 11.1. The molecule has 21 heteroatoms. The van der Waals surface area contributed by atoms with E-state index in [2.05, 4.69) is 89.9 Å². The number of phosphoric acid groups is 1. The first-order valence-corrected chi connectivity index (χ1v) is 24.5. The number of benzene rings is 2. The van der Waals surface area contributed by atoms with Crippen LogP contribution in [0.1, 0.15) is 85.6 Å². The van der Waals surface area contributed by atoms with Crippen LogP contribution in [0.15, 0.2) is 76.6 Å². The van der Waals surface area contributed by atoms with Crippen LogP contribution in [-0.2, 0) is 24.0 Å². The Hall–Kier alpha value is -5.99. The molecule has 370 valence electrons. The Morgan fingerprint density at radius 3 is 2.45 bits per heavy atom. The maximum absolute atomic E-state index is 14.3. The Morgan fingerprint density at radius 1 is 1.01 bits per heavy atom. The predicted octanol–water partition coefficient (Wildman–Crippen LogP) is 2.81. The van der Waals surface area contributed by atoms with Gasteiger partial charge in [-0.1, -0.05) is 51.0 Å². The van der Waals surface area contributed by atoms with Gasteiger partial charge in [-0.25, -0.2) is 9.56 Å². The lowest BCUT2D eigenvalue weighted by molar-refractivity contribution is -0.462. The number of nitrogen functional groups attached to an aromatic ring is 1. The average Bonchev–Trinajstić information content (AvgIpc) is 3.80. The van der Waals surface area contributed by atoms with E-state index in [1.165, 1.54) is 15.7 Å². The second-order valence-electron chi connectivity index (χ2n) is 18.6. The van der Waals surface area contributed by atoms with E-state index in [1.807, 2.05) is 52.5 Å². The molecule has 2 aliphatic carbocycles. The molecule has 0 radical (unpaired) electrons. The van der Waals surface area contributed by atoms with E-state index in [4.69, 9.17) is 15.4 Å². The molecule has 1 aliphatic heterocycles. The second kappa shape index (κ2) is 20.9. The number of aromatic nitrogens is 4. The van der Waals surface area contributed by atoms with Crippen LogP contribution < -0.4 is 31.7 Å². The number of imidazole rings is 1. The molecule has 4 aromatic rings. The van der Waals surface area contributed by atoms with E-state index in [0.29, 0.717) is 38.0 Å². The van der Waals surface area contributed by atoms with Gasteiger partial charge in [-0.15, -0.1) is 0 Å². The highest BCUT2D eigenvalue weighted by Crippen LogP contribution is 2.51. The normalized spacial score (nSPS) is 20.3. The lowest BCUT2D eigenvalue weighted by Crippen LogP contribution is -2.34. The number of fused-ring (bicyclic) bond motifs is 3. The van der Waals surface area contributed by atoms with Crippen LogP contribution in [0.3, 0.4) is 0 Å². The number of nitrogens with two attached hydrogens (primary N) is 1. The highest BCUT2D eigenvalue weighted by atomic mass is 31.2. The average molecular weight is 971 g/mol. The molecule has 5 atom stereocenters. The first-order valence-electron chi connectivity index (χ1n) is 23.0. The Balaban J connectivity index is 0.904. The molecule has 1 fully saturated rings. The minimum atomic E-state index is -5.15. The Bertz CT molecular complexity index is 2840. The first-order chi connectivity index (χ1) is 32.7. The Morgan fingerprint density at radius 2 is 1.74 bits per heavy atom. The lowest BCUT2D eigenvalue weighted by atomic mass is 9.64. The topological polar surface area (TPSA) is 277 Å². The fraction of sp³-hybridized carbons (Fsp3) is 0.458. The molecule has 1 saturated heterocycles. The smallest absolute Gasteiger partial charge is 0.280 e. The fourth-order valence-electron chi connectivity index (χ4n) is 9.08. The standard InChI is InChI=1S/C48H63N10O10P/c1-48(2)34-25-28(55(3)4)18-20-32(34)38(33-21-19-29(56(5)6)26-35(33)48)30-15-10-11-16-31(30)44(63)57(7)24-14-17-37(59)50-22-12-8-9-13-23-51-47-52-39-42(53-46(49)54-43(39)62)58(47)45-41(61)40(60)36(68-45)27-67-69(64,65)66/h10-11,15-16,18-21,25-26,36,40-41,45,60-61H,8-9,12-14,17,22-24,27H2,1-7H3,(H6,49,50,54,59,62,63,64,65,66)/t36-,40-,41-,45-/m1/s1. The van der Waals surface area contributed by atoms with Gasteiger partial charge in [-0.2, -0.15) is 4.98 Å². The molecular formula is C48H63N10O10P. The molecule has 8 N–H and O–H groups in total. The maximum Gasteiger partial charge on any atom is 0.280 e. The summed E-state index contributed by atoms with van der Waals surface area (Å²) in [5.74, 6) is -0.378. The molecule has 0 bridgehead atoms. The van der Waals surface area contributed by atoms with Gasteiger partial charge in [0.05, 0.1) is 6.61 Å². The van der Waals surface area contributed by atoms with Crippen LogP contribution in [0.2, 0.25) is 0 Å². The molecule has 1 unspecified atom stereocenters. The lowest BCUT2D eigenvalue weighted by Gasteiger charge is -2.39. The number of amides is 2. The van der Waals surface area contributed by atoms with Crippen molar-refractivity contribution in [2.24, 2.45) is 0 Å². The highest BCUT2D eigenvalue weighted by molar-refractivity contribution is 7.44. The number of aliphatic hydroxyl groups is 2. The van der Waals surface area contributed by atoms with Crippen LogP contribution in [0.4, 0.5) is 17.6 Å². The van der Waals surface area contributed by atoms with Gasteiger partial charge in [0.15, 0.2) is 23.1 Å². The summed E-state index contributed by atoms with van der Waals surface area (Å²) in [4.78, 5) is 74.6. The van der Waals surface area contributed by atoms with Crippen LogP contribution in [0.5, 0.6) is 0 Å². The summed E-state index contributed by atoms with van der Waals surface area (Å²) in [5, 5.41) is 27.5. The van der Waals surface area contributed by atoms with Crippen molar-refractivity contribution in [1.82, 2.24) is 29.7 Å². The van der Waals surface area contributed by atoms with Crippen LogP contribution in [-0.4, -0.2) is 141 Å². The van der Waals surface area contributed by atoms with Gasteiger partial charge < -0.3 is 55.4 Å². The highest BCUT2D eigenvalue weighted by Gasteiger charge is 2.46. The zero-order valence-corrected chi connectivity index (χ0v) is 41.0. The monoisotopic (exact) mass is 970 g/mol. The van der Waals surface area contributed by atoms with Gasteiger partial charge in [0.1, 0.15) is 32.4 Å². The number of nitrogens with zero attached hydrogens (tertiary/aromatic N) is 6. The van der Waals surface area contributed by atoms with E-state index >= 15 is 0 Å². The molecule has 3 heterocycles. The van der Waals surface area contributed by atoms with Crippen molar-refractivity contribution < 1.29 is 48.0 Å². The number of allylic oxidation sites excluding steroid dienone is 5. The first kappa shape index (κ1) is 50.9. The molecule has 0 spiro atoms. The molecule has 0 saturated carbocycles. The number of carbonyl (C=O) groups is 2. The fourth-order valence-corrected chi connectivity index (χ4v) is 9.41. The van der Waals surface area contributed by atoms with Crippen molar-refractivity contribution in [1.29, 1.82) is 0 Å². The number of aromatic amines is 1. The number of carbonyl (C=O) groups excluding carboxylic acids is 2. The predicted molar refractivity (Wildman–Crippen MR) is 261 cm³/mol. The Labute approximate surface area is 400 Å². The minimum Gasteiger partial charge on any atom is -0.756 e. The van der Waals surface area contributed by atoms with E-state index in [9.17, 15) is 34.1 Å². The summed E-state index contributed by atoms with van der Waals surface area (Å²) in [6.07, 6.45) is 4.24. The van der Waals surface area contributed by atoms with Crippen molar-refractivity contribution >= 4 is 59.7 Å². The van der Waals surface area contributed by atoms with Gasteiger partial charge in [0, 0.05) is 76.0 Å². The zero-order chi connectivity index (χ0) is 49.9. The summed E-state index contributed by atoms with van der Waals surface area (Å²) < 4.78 is 24.6. The van der Waals surface area contributed by atoms with Crippen molar-refractivity contribution in [2.75, 3.05) is 77.4 Å². The summed E-state index contributed by atoms with van der Waals surface area (Å²) in [6.45, 7) is 4.98. The number of nitrogens with one attached hydrogen (secondary N) is 3. The number of H-pyrrole nitrogens is 1. The van der Waals surface area contributed by atoms with E-state index in [-0.39, 0.29) is 46.7 Å². The van der Waals surface area contributed by atoms with Crippen molar-refractivity contribution in [2.45, 2.75) is 82.3 Å². The summed E-state index contributed by atoms with van der Waals surface area (Å²) >= 11 is 0. The number of aliphatic hydroxyl groups excluding tert-OH is 2. The molecule has 2 aromatic carbocycles. The Kier molecular flexibility index (Phi) is 15.4. The number of rotatable bonds is 19. The number of hydrogen-bond donors (Lipinski definition) is 7. The number of unbranched alkanes of at least 4 members (excludes halogenated alkanes) is 3. The van der Waals surface area contributed by atoms with Crippen molar-refractivity contribution in [3.8, 4) is 0 Å². The quantitative estimate of drug-likeness (QED) is 0.0404.